The summed E-state index contributed by atoms with van der Waals surface area (Å²) >= 11 is 0. The lowest BCUT2D eigenvalue weighted by Gasteiger charge is -2.24. The maximum Gasteiger partial charge on any atom is 0.262 e. The van der Waals surface area contributed by atoms with Crippen LogP contribution in [0.5, 0.6) is 5.75 Å². The number of carbonyl (C=O) groups excluding carboxylic acids is 2. The van der Waals surface area contributed by atoms with Gasteiger partial charge in [-0.15, -0.1) is 0 Å². The predicted octanol–water partition coefficient (Wildman–Crippen LogP) is 2.12. The van der Waals surface area contributed by atoms with Crippen LogP contribution >= 0.6 is 0 Å². The van der Waals surface area contributed by atoms with E-state index in [2.05, 4.69) is 10.6 Å². The number of aryl methyl sites for hydroxylation is 1. The molecule has 1 fully saturated rings. The summed E-state index contributed by atoms with van der Waals surface area (Å²) in [6, 6.07) is 10.8. The normalized spacial score (nSPS) is 19.2. The molecule has 8 nitrogen and oxygen atoms in total. The van der Waals surface area contributed by atoms with Crippen molar-refractivity contribution in [1.29, 1.82) is 0 Å². The van der Waals surface area contributed by atoms with Crippen molar-refractivity contribution in [2.45, 2.75) is 30.7 Å². The molecule has 2 aliphatic rings. The number of benzene rings is 2. The zero-order valence-corrected chi connectivity index (χ0v) is 16.7. The number of nitrogens with one attached hydrogen (secondary N) is 2. The van der Waals surface area contributed by atoms with Gasteiger partial charge >= 0.3 is 0 Å². The van der Waals surface area contributed by atoms with Gasteiger partial charge in [0, 0.05) is 12.2 Å². The van der Waals surface area contributed by atoms with Crippen LogP contribution in [0.2, 0.25) is 0 Å². The molecule has 9 heteroatoms. The third-order valence-electron chi connectivity index (χ3n) is 5.02. The lowest BCUT2D eigenvalue weighted by atomic mass is 10.2. The molecule has 29 heavy (non-hydrogen) atoms. The standard InChI is InChI=1S/C20H21N3O5S/c1-13-4-6-14(7-5-13)21-20(25)17-3-2-10-23(17)29(26,27)15-8-9-18-16(11-15)22-19(24)12-28-18/h4-9,11,17H,2-3,10,12H2,1H3,(H,21,25)(H,22,24). The number of amides is 2. The minimum absolute atomic E-state index is 0.0112. The summed E-state index contributed by atoms with van der Waals surface area (Å²) in [7, 11) is -3.92. The highest BCUT2D eigenvalue weighted by atomic mass is 32.2. The van der Waals surface area contributed by atoms with E-state index in [1.54, 1.807) is 12.1 Å². The molecular formula is C20H21N3O5S. The molecule has 1 unspecified atom stereocenters. The van der Waals surface area contributed by atoms with Gasteiger partial charge in [0.1, 0.15) is 11.8 Å². The van der Waals surface area contributed by atoms with E-state index in [4.69, 9.17) is 4.74 Å². The first-order chi connectivity index (χ1) is 13.8. The average Bonchev–Trinajstić information content (AvgIpc) is 3.20. The first-order valence-electron chi connectivity index (χ1n) is 9.31. The van der Waals surface area contributed by atoms with Gasteiger partial charge in [-0.3, -0.25) is 9.59 Å². The summed E-state index contributed by atoms with van der Waals surface area (Å²) in [4.78, 5) is 24.3. The number of hydrogen-bond acceptors (Lipinski definition) is 5. The molecule has 4 rings (SSSR count). The molecule has 0 bridgehead atoms. The molecule has 0 aliphatic carbocycles. The molecule has 0 radical (unpaired) electrons. The fourth-order valence-electron chi connectivity index (χ4n) is 3.51. The Hall–Kier alpha value is -2.91. The molecule has 1 saturated heterocycles. The number of nitrogens with zero attached hydrogens (tertiary/aromatic N) is 1. The minimum Gasteiger partial charge on any atom is -0.482 e. The summed E-state index contributed by atoms with van der Waals surface area (Å²) in [6.45, 7) is 2.10. The third kappa shape index (κ3) is 3.83. The molecule has 1 atom stereocenters. The second kappa shape index (κ2) is 7.49. The molecule has 2 aliphatic heterocycles. The van der Waals surface area contributed by atoms with Crippen molar-refractivity contribution < 1.29 is 22.7 Å². The second-order valence-electron chi connectivity index (χ2n) is 7.12. The van der Waals surface area contributed by atoms with E-state index in [-0.39, 0.29) is 29.9 Å². The van der Waals surface area contributed by atoms with E-state index >= 15 is 0 Å². The van der Waals surface area contributed by atoms with E-state index in [1.807, 2.05) is 19.1 Å². The van der Waals surface area contributed by atoms with Gasteiger partial charge in [0.05, 0.1) is 10.6 Å². The second-order valence-corrected chi connectivity index (χ2v) is 9.01. The zero-order valence-electron chi connectivity index (χ0n) is 15.8. The highest BCUT2D eigenvalue weighted by molar-refractivity contribution is 7.89. The quantitative estimate of drug-likeness (QED) is 0.796. The Bertz CT molecular complexity index is 1070. The summed E-state index contributed by atoms with van der Waals surface area (Å²) in [5, 5.41) is 5.41. The van der Waals surface area contributed by atoms with Crippen LogP contribution in [0.1, 0.15) is 18.4 Å². The van der Waals surface area contributed by atoms with Crippen molar-refractivity contribution in [2.24, 2.45) is 0 Å². The van der Waals surface area contributed by atoms with Crippen molar-refractivity contribution in [3.63, 3.8) is 0 Å². The number of hydrogen-bond donors (Lipinski definition) is 2. The first-order valence-corrected chi connectivity index (χ1v) is 10.7. The molecule has 2 N–H and O–H groups in total. The summed E-state index contributed by atoms with van der Waals surface area (Å²) < 4.78 is 32.9. The number of sulfonamides is 1. The van der Waals surface area contributed by atoms with Crippen LogP contribution in [-0.4, -0.2) is 43.7 Å². The Labute approximate surface area is 168 Å². The van der Waals surface area contributed by atoms with E-state index < -0.39 is 16.1 Å². The first kappa shape index (κ1) is 19.4. The predicted molar refractivity (Wildman–Crippen MR) is 107 cm³/mol. The van der Waals surface area contributed by atoms with Crippen LogP contribution < -0.4 is 15.4 Å². The SMILES string of the molecule is Cc1ccc(NC(=O)C2CCCN2S(=O)(=O)c2ccc3c(c2)NC(=O)CO3)cc1. The van der Waals surface area contributed by atoms with Gasteiger partial charge in [0.25, 0.3) is 5.91 Å². The lowest BCUT2D eigenvalue weighted by Crippen LogP contribution is -2.43. The van der Waals surface area contributed by atoms with Crippen LogP contribution in [0.3, 0.4) is 0 Å². The van der Waals surface area contributed by atoms with E-state index in [0.717, 1.165) is 5.56 Å². The molecule has 152 valence electrons. The largest absolute Gasteiger partial charge is 0.482 e. The molecule has 2 amide bonds. The van der Waals surface area contributed by atoms with Crippen molar-refractivity contribution >= 4 is 33.2 Å². The van der Waals surface area contributed by atoms with Crippen LogP contribution in [0.15, 0.2) is 47.4 Å². The lowest BCUT2D eigenvalue weighted by molar-refractivity contribution is -0.119. The molecule has 2 aromatic carbocycles. The molecule has 2 heterocycles. The monoisotopic (exact) mass is 415 g/mol. The van der Waals surface area contributed by atoms with Crippen LogP contribution in [0.25, 0.3) is 0 Å². The van der Waals surface area contributed by atoms with E-state index in [0.29, 0.717) is 30.0 Å². The zero-order chi connectivity index (χ0) is 20.6. The Kier molecular flexibility index (Phi) is 5.01. The number of fused-ring (bicyclic) bond motifs is 1. The topological polar surface area (TPSA) is 105 Å². The summed E-state index contributed by atoms with van der Waals surface area (Å²) in [5.74, 6) is -0.285. The van der Waals surface area contributed by atoms with Crippen molar-refractivity contribution in [1.82, 2.24) is 4.31 Å². The maximum absolute atomic E-state index is 13.2. The molecule has 0 spiro atoms. The fraction of sp³-hybridized carbons (Fsp3) is 0.300. The Morgan fingerprint density at radius 1 is 1.21 bits per heavy atom. The van der Waals surface area contributed by atoms with Crippen molar-refractivity contribution in [3.8, 4) is 5.75 Å². The van der Waals surface area contributed by atoms with Crippen molar-refractivity contribution in [2.75, 3.05) is 23.8 Å². The van der Waals surface area contributed by atoms with Gasteiger partial charge in [-0.05, 0) is 50.1 Å². The average molecular weight is 415 g/mol. The Balaban J connectivity index is 1.57. The third-order valence-corrected chi connectivity index (χ3v) is 6.92. The van der Waals surface area contributed by atoms with Gasteiger partial charge in [0.2, 0.25) is 15.9 Å². The summed E-state index contributed by atoms with van der Waals surface area (Å²) in [5.41, 5.74) is 2.00. The number of carbonyl (C=O) groups is 2. The molecular weight excluding hydrogens is 394 g/mol. The number of anilines is 2. The van der Waals surface area contributed by atoms with Crippen LogP contribution in [0.4, 0.5) is 11.4 Å². The highest BCUT2D eigenvalue weighted by Crippen LogP contribution is 2.33. The van der Waals surface area contributed by atoms with Gasteiger partial charge < -0.3 is 15.4 Å². The Morgan fingerprint density at radius 3 is 2.72 bits per heavy atom. The van der Waals surface area contributed by atoms with E-state index in [1.165, 1.54) is 22.5 Å². The van der Waals surface area contributed by atoms with Crippen molar-refractivity contribution in [3.05, 3.63) is 48.0 Å². The number of rotatable bonds is 4. The fourth-order valence-corrected chi connectivity index (χ4v) is 5.19. The van der Waals surface area contributed by atoms with E-state index in [9.17, 15) is 18.0 Å². The van der Waals surface area contributed by atoms with Crippen LogP contribution in [0, 0.1) is 6.92 Å². The molecule has 0 saturated carbocycles. The maximum atomic E-state index is 13.2. The summed E-state index contributed by atoms with van der Waals surface area (Å²) in [6.07, 6.45) is 1.04. The van der Waals surface area contributed by atoms with Gasteiger partial charge in [-0.2, -0.15) is 4.31 Å². The van der Waals surface area contributed by atoms with Gasteiger partial charge in [-0.1, -0.05) is 17.7 Å². The van der Waals surface area contributed by atoms with Crippen LogP contribution in [-0.2, 0) is 19.6 Å². The molecule has 0 aromatic heterocycles. The van der Waals surface area contributed by atoms with Gasteiger partial charge in [-0.25, -0.2) is 8.42 Å². The highest BCUT2D eigenvalue weighted by Gasteiger charge is 2.39. The number of ether oxygens (including phenoxy) is 1. The minimum atomic E-state index is -3.92. The smallest absolute Gasteiger partial charge is 0.262 e. The molecule has 2 aromatic rings. The van der Waals surface area contributed by atoms with Gasteiger partial charge in [0.15, 0.2) is 6.61 Å². The Morgan fingerprint density at radius 2 is 1.97 bits per heavy atom.